The molecule has 1 fully saturated rings. The summed E-state index contributed by atoms with van der Waals surface area (Å²) in [5.74, 6) is 0.0338. The summed E-state index contributed by atoms with van der Waals surface area (Å²) in [5, 5.41) is 0. The third kappa shape index (κ3) is 3.33. The van der Waals surface area contributed by atoms with E-state index >= 15 is 0 Å². The summed E-state index contributed by atoms with van der Waals surface area (Å²) in [6, 6.07) is 7.78. The fourth-order valence-corrected chi connectivity index (χ4v) is 3.78. The van der Waals surface area contributed by atoms with Crippen LogP contribution < -0.4 is 4.90 Å². The molecule has 5 heteroatoms. The number of anilines is 1. The van der Waals surface area contributed by atoms with Gasteiger partial charge in [-0.25, -0.2) is 0 Å². The van der Waals surface area contributed by atoms with E-state index < -0.39 is 5.41 Å². The van der Waals surface area contributed by atoms with Crippen LogP contribution in [0.1, 0.15) is 25.8 Å². The average molecular weight is 341 g/mol. The van der Waals surface area contributed by atoms with Crippen molar-refractivity contribution in [3.05, 3.63) is 42.5 Å². The molecule has 5 nitrogen and oxygen atoms in total. The van der Waals surface area contributed by atoms with Crippen LogP contribution in [-0.4, -0.2) is 60.9 Å². The van der Waals surface area contributed by atoms with E-state index in [4.69, 9.17) is 0 Å². The number of benzene rings is 1. The molecule has 0 saturated carbocycles. The number of rotatable bonds is 4. The molecule has 0 spiro atoms. The van der Waals surface area contributed by atoms with E-state index in [1.54, 1.807) is 4.90 Å². The van der Waals surface area contributed by atoms with E-state index in [-0.39, 0.29) is 18.4 Å². The second-order valence-corrected chi connectivity index (χ2v) is 7.36. The van der Waals surface area contributed by atoms with Gasteiger partial charge < -0.3 is 9.80 Å². The van der Waals surface area contributed by atoms with Crippen molar-refractivity contribution in [1.82, 2.24) is 9.80 Å². The molecule has 0 bridgehead atoms. The van der Waals surface area contributed by atoms with Crippen molar-refractivity contribution in [1.29, 1.82) is 0 Å². The first-order valence-electron chi connectivity index (χ1n) is 8.97. The van der Waals surface area contributed by atoms with Gasteiger partial charge in [-0.15, -0.1) is 6.58 Å². The predicted octanol–water partition coefficient (Wildman–Crippen LogP) is 2.03. The Bertz CT molecular complexity index is 683. The number of hydrogen-bond acceptors (Lipinski definition) is 3. The molecule has 0 N–H and O–H groups in total. The molecule has 1 aromatic rings. The van der Waals surface area contributed by atoms with Gasteiger partial charge in [-0.3, -0.25) is 14.5 Å². The third-order valence-corrected chi connectivity index (χ3v) is 5.27. The monoisotopic (exact) mass is 341 g/mol. The van der Waals surface area contributed by atoms with Crippen molar-refractivity contribution < 1.29 is 9.59 Å². The maximum Gasteiger partial charge on any atom is 0.242 e. The van der Waals surface area contributed by atoms with Crippen molar-refractivity contribution in [3.63, 3.8) is 0 Å². The highest BCUT2D eigenvalue weighted by Gasteiger charge is 2.44. The van der Waals surface area contributed by atoms with Crippen molar-refractivity contribution in [2.24, 2.45) is 0 Å². The Morgan fingerprint density at radius 2 is 1.96 bits per heavy atom. The number of carbonyl (C=O) groups is 2. The van der Waals surface area contributed by atoms with Gasteiger partial charge in [-0.2, -0.15) is 0 Å². The Kier molecular flexibility index (Phi) is 4.95. The summed E-state index contributed by atoms with van der Waals surface area (Å²) in [7, 11) is 0. The summed E-state index contributed by atoms with van der Waals surface area (Å²) < 4.78 is 0. The van der Waals surface area contributed by atoms with Gasteiger partial charge in [-0.05, 0) is 31.9 Å². The summed E-state index contributed by atoms with van der Waals surface area (Å²) in [4.78, 5) is 31.5. The van der Waals surface area contributed by atoms with Crippen LogP contribution in [0.2, 0.25) is 0 Å². The summed E-state index contributed by atoms with van der Waals surface area (Å²) in [6.45, 7) is 11.9. The first-order valence-corrected chi connectivity index (χ1v) is 8.97. The smallest absolute Gasteiger partial charge is 0.242 e. The van der Waals surface area contributed by atoms with Crippen LogP contribution in [0.5, 0.6) is 0 Å². The van der Waals surface area contributed by atoms with Crippen LogP contribution in [0.4, 0.5) is 5.69 Å². The maximum absolute atomic E-state index is 12.8. The highest BCUT2D eigenvalue weighted by Crippen LogP contribution is 2.41. The number of hydrogen-bond donors (Lipinski definition) is 0. The standard InChI is InChI=1S/C20H27N3O2/c1-4-10-21-11-7-12-22(14-13-21)18(24)15-23-17-9-6-5-8-16(17)20(2,3)19(23)25/h4-6,8-9H,1,7,10-15H2,2-3H3. The van der Waals surface area contributed by atoms with E-state index in [9.17, 15) is 9.59 Å². The predicted molar refractivity (Wildman–Crippen MR) is 99.7 cm³/mol. The Morgan fingerprint density at radius 3 is 2.72 bits per heavy atom. The molecule has 0 atom stereocenters. The molecule has 2 amide bonds. The van der Waals surface area contributed by atoms with E-state index in [0.717, 1.165) is 43.9 Å². The molecule has 1 saturated heterocycles. The largest absolute Gasteiger partial charge is 0.340 e. The van der Waals surface area contributed by atoms with Crippen LogP contribution >= 0.6 is 0 Å². The lowest BCUT2D eigenvalue weighted by Crippen LogP contribution is -2.45. The van der Waals surface area contributed by atoms with Crippen molar-refractivity contribution in [2.75, 3.05) is 44.2 Å². The molecule has 3 rings (SSSR count). The van der Waals surface area contributed by atoms with E-state index in [1.165, 1.54) is 0 Å². The minimum absolute atomic E-state index is 0.00477. The van der Waals surface area contributed by atoms with Gasteiger partial charge in [0.2, 0.25) is 11.8 Å². The zero-order chi connectivity index (χ0) is 18.0. The van der Waals surface area contributed by atoms with Crippen molar-refractivity contribution >= 4 is 17.5 Å². The number of amides is 2. The SMILES string of the molecule is C=CCN1CCCN(C(=O)CN2C(=O)C(C)(C)c3ccccc32)CC1. The zero-order valence-electron chi connectivity index (χ0n) is 15.2. The Labute approximate surface area is 149 Å². The maximum atomic E-state index is 12.8. The zero-order valence-corrected chi connectivity index (χ0v) is 15.2. The van der Waals surface area contributed by atoms with Gasteiger partial charge in [0.25, 0.3) is 0 Å². The van der Waals surface area contributed by atoms with Gasteiger partial charge in [0, 0.05) is 38.4 Å². The van der Waals surface area contributed by atoms with Crippen LogP contribution in [0.25, 0.3) is 0 Å². The second kappa shape index (κ2) is 7.00. The molecule has 0 aliphatic carbocycles. The first kappa shape index (κ1) is 17.7. The number of nitrogens with zero attached hydrogens (tertiary/aromatic N) is 3. The van der Waals surface area contributed by atoms with Gasteiger partial charge in [0.15, 0.2) is 0 Å². The summed E-state index contributed by atoms with van der Waals surface area (Å²) >= 11 is 0. The molecule has 2 aliphatic heterocycles. The lowest BCUT2D eigenvalue weighted by molar-refractivity contribution is -0.131. The first-order chi connectivity index (χ1) is 11.9. The van der Waals surface area contributed by atoms with Crippen LogP contribution in [0, 0.1) is 0 Å². The summed E-state index contributed by atoms with van der Waals surface area (Å²) in [5.41, 5.74) is 1.30. The molecule has 25 heavy (non-hydrogen) atoms. The topological polar surface area (TPSA) is 43.9 Å². The lowest BCUT2D eigenvalue weighted by atomic mass is 9.86. The Morgan fingerprint density at radius 1 is 1.20 bits per heavy atom. The quantitative estimate of drug-likeness (QED) is 0.787. The van der Waals surface area contributed by atoms with Crippen LogP contribution in [-0.2, 0) is 15.0 Å². The Hall–Kier alpha value is -2.14. The number of fused-ring (bicyclic) bond motifs is 1. The van der Waals surface area contributed by atoms with E-state index in [2.05, 4.69) is 11.5 Å². The fraction of sp³-hybridized carbons (Fsp3) is 0.500. The fourth-order valence-electron chi connectivity index (χ4n) is 3.78. The molecule has 0 aromatic heterocycles. The van der Waals surface area contributed by atoms with Crippen LogP contribution in [0.15, 0.2) is 36.9 Å². The molecule has 0 unspecified atom stereocenters. The normalized spacial score (nSPS) is 20.3. The van der Waals surface area contributed by atoms with Crippen LogP contribution in [0.3, 0.4) is 0 Å². The molecule has 2 heterocycles. The number of para-hydroxylation sites is 1. The summed E-state index contributed by atoms with van der Waals surface area (Å²) in [6.07, 6.45) is 2.86. The Balaban J connectivity index is 1.71. The van der Waals surface area contributed by atoms with Gasteiger partial charge in [-0.1, -0.05) is 24.3 Å². The molecular formula is C20H27N3O2. The lowest BCUT2D eigenvalue weighted by Gasteiger charge is -2.25. The second-order valence-electron chi connectivity index (χ2n) is 7.36. The minimum atomic E-state index is -0.573. The highest BCUT2D eigenvalue weighted by atomic mass is 16.2. The molecule has 1 aromatic carbocycles. The number of carbonyl (C=O) groups excluding carboxylic acids is 2. The third-order valence-electron chi connectivity index (χ3n) is 5.27. The van der Waals surface area contributed by atoms with Gasteiger partial charge in [0.05, 0.1) is 5.41 Å². The highest BCUT2D eigenvalue weighted by molar-refractivity contribution is 6.10. The molecular weight excluding hydrogens is 314 g/mol. The van der Waals surface area contributed by atoms with Crippen molar-refractivity contribution in [3.8, 4) is 0 Å². The van der Waals surface area contributed by atoms with Gasteiger partial charge >= 0.3 is 0 Å². The van der Waals surface area contributed by atoms with Gasteiger partial charge in [0.1, 0.15) is 6.54 Å². The van der Waals surface area contributed by atoms with E-state index in [0.29, 0.717) is 6.54 Å². The molecule has 134 valence electrons. The molecule has 2 aliphatic rings. The minimum Gasteiger partial charge on any atom is -0.340 e. The molecule has 0 radical (unpaired) electrons. The van der Waals surface area contributed by atoms with Crippen molar-refractivity contribution in [2.45, 2.75) is 25.7 Å². The average Bonchev–Trinajstić information content (AvgIpc) is 2.78. The van der Waals surface area contributed by atoms with E-state index in [1.807, 2.05) is 49.1 Å².